The molecule has 0 saturated carbocycles. The van der Waals surface area contributed by atoms with Crippen LogP contribution in [0.1, 0.15) is 6.92 Å². The van der Waals surface area contributed by atoms with E-state index < -0.39 is 35.4 Å². The number of ether oxygens (including phenoxy) is 2. The SMILES string of the molecule is CC(=O)OCC(=O)N1CCN(c2ccc(N3C[C@H](CNC(=S)C(F)F)OC3=O)cc2F)CC1. The normalized spacial score (nSPS) is 18.4. The van der Waals surface area contributed by atoms with Crippen LogP contribution in [0.15, 0.2) is 18.2 Å². The summed E-state index contributed by atoms with van der Waals surface area (Å²) in [5.41, 5.74) is 0.592. The average Bonchev–Trinajstić information content (AvgIpc) is 3.16. The number of cyclic esters (lactones) is 1. The third-order valence-electron chi connectivity index (χ3n) is 5.19. The molecule has 1 aromatic carbocycles. The Morgan fingerprint density at radius 1 is 1.27 bits per heavy atom. The number of hydrogen-bond donors (Lipinski definition) is 1. The summed E-state index contributed by atoms with van der Waals surface area (Å²) in [4.78, 5) is 38.9. The molecule has 2 aliphatic heterocycles. The molecule has 3 rings (SSSR count). The molecule has 0 aliphatic carbocycles. The van der Waals surface area contributed by atoms with E-state index in [4.69, 9.17) is 9.47 Å². The number of esters is 1. The van der Waals surface area contributed by atoms with E-state index in [1.165, 1.54) is 24.0 Å². The Labute approximate surface area is 193 Å². The maximum Gasteiger partial charge on any atom is 0.414 e. The Morgan fingerprint density at radius 2 is 1.97 bits per heavy atom. The number of benzene rings is 1. The van der Waals surface area contributed by atoms with Gasteiger partial charge in [-0.15, -0.1) is 0 Å². The number of nitrogens with zero attached hydrogens (tertiary/aromatic N) is 3. The van der Waals surface area contributed by atoms with Crippen molar-refractivity contribution in [2.24, 2.45) is 0 Å². The van der Waals surface area contributed by atoms with E-state index in [9.17, 15) is 27.6 Å². The number of piperazine rings is 1. The summed E-state index contributed by atoms with van der Waals surface area (Å²) in [7, 11) is 0. The summed E-state index contributed by atoms with van der Waals surface area (Å²) in [6.45, 7) is 2.32. The van der Waals surface area contributed by atoms with Crippen LogP contribution in [0.3, 0.4) is 0 Å². The molecule has 0 radical (unpaired) electrons. The highest BCUT2D eigenvalue weighted by Gasteiger charge is 2.33. The Balaban J connectivity index is 1.56. The maximum absolute atomic E-state index is 14.8. The van der Waals surface area contributed by atoms with E-state index in [0.717, 1.165) is 0 Å². The van der Waals surface area contributed by atoms with Gasteiger partial charge >= 0.3 is 12.1 Å². The largest absolute Gasteiger partial charge is 0.456 e. The molecule has 0 bridgehead atoms. The predicted octanol–water partition coefficient (Wildman–Crippen LogP) is 1.54. The summed E-state index contributed by atoms with van der Waals surface area (Å²) in [6.07, 6.45) is -4.23. The number of amides is 2. The van der Waals surface area contributed by atoms with Crippen LogP contribution in [0.2, 0.25) is 0 Å². The van der Waals surface area contributed by atoms with Crippen LogP contribution in [-0.2, 0) is 19.1 Å². The highest BCUT2D eigenvalue weighted by atomic mass is 32.1. The van der Waals surface area contributed by atoms with Crippen molar-refractivity contribution in [3.05, 3.63) is 24.0 Å². The van der Waals surface area contributed by atoms with Gasteiger partial charge in [0.15, 0.2) is 6.61 Å². The lowest BCUT2D eigenvalue weighted by atomic mass is 10.2. The number of nitrogens with one attached hydrogen (secondary N) is 1. The highest BCUT2D eigenvalue weighted by Crippen LogP contribution is 2.28. The van der Waals surface area contributed by atoms with Crippen molar-refractivity contribution in [2.45, 2.75) is 19.5 Å². The Kier molecular flexibility index (Phi) is 7.95. The highest BCUT2D eigenvalue weighted by molar-refractivity contribution is 7.80. The second-order valence-corrected chi connectivity index (χ2v) is 7.89. The number of carbonyl (C=O) groups is 3. The summed E-state index contributed by atoms with van der Waals surface area (Å²) in [5.74, 6) is -1.41. The molecule has 2 fully saturated rings. The molecular formula is C20H23F3N4O5S. The van der Waals surface area contributed by atoms with Crippen LogP contribution < -0.4 is 15.1 Å². The summed E-state index contributed by atoms with van der Waals surface area (Å²) in [6, 6.07) is 4.30. The first-order valence-corrected chi connectivity index (χ1v) is 10.6. The number of carbonyl (C=O) groups excluding carboxylic acids is 3. The van der Waals surface area contributed by atoms with Crippen molar-refractivity contribution in [3.63, 3.8) is 0 Å². The zero-order valence-electron chi connectivity index (χ0n) is 17.8. The Bertz CT molecular complexity index is 927. The van der Waals surface area contributed by atoms with Crippen molar-refractivity contribution in [2.75, 3.05) is 55.7 Å². The average molecular weight is 488 g/mol. The van der Waals surface area contributed by atoms with Gasteiger partial charge in [-0.05, 0) is 18.2 Å². The lowest BCUT2D eigenvalue weighted by Gasteiger charge is -2.36. The van der Waals surface area contributed by atoms with E-state index in [-0.39, 0.29) is 31.3 Å². The second kappa shape index (κ2) is 10.7. The van der Waals surface area contributed by atoms with Crippen LogP contribution in [-0.4, -0.2) is 86.3 Å². The van der Waals surface area contributed by atoms with Gasteiger partial charge in [-0.3, -0.25) is 14.5 Å². The smallest absolute Gasteiger partial charge is 0.414 e. The van der Waals surface area contributed by atoms with Crippen molar-refractivity contribution < 1.29 is 37.0 Å². The zero-order valence-corrected chi connectivity index (χ0v) is 18.6. The molecule has 1 N–H and O–H groups in total. The molecule has 2 heterocycles. The fourth-order valence-corrected chi connectivity index (χ4v) is 3.59. The van der Waals surface area contributed by atoms with E-state index >= 15 is 0 Å². The van der Waals surface area contributed by atoms with Gasteiger partial charge in [0, 0.05) is 33.1 Å². The monoisotopic (exact) mass is 488 g/mol. The molecule has 180 valence electrons. The Morgan fingerprint density at radius 3 is 2.58 bits per heavy atom. The number of halogens is 3. The molecule has 0 unspecified atom stereocenters. The number of anilines is 2. The van der Waals surface area contributed by atoms with Crippen molar-refractivity contribution in [1.29, 1.82) is 0 Å². The van der Waals surface area contributed by atoms with Gasteiger partial charge in [0.1, 0.15) is 16.9 Å². The minimum atomic E-state index is -2.80. The lowest BCUT2D eigenvalue weighted by molar-refractivity contribution is -0.150. The third-order valence-corrected chi connectivity index (χ3v) is 5.51. The molecule has 0 aromatic heterocycles. The van der Waals surface area contributed by atoms with Crippen LogP contribution in [0.25, 0.3) is 0 Å². The fourth-order valence-electron chi connectivity index (χ4n) is 3.50. The van der Waals surface area contributed by atoms with Crippen molar-refractivity contribution in [3.8, 4) is 0 Å². The molecule has 1 aromatic rings. The van der Waals surface area contributed by atoms with Gasteiger partial charge in [0.25, 0.3) is 12.3 Å². The predicted molar refractivity (Wildman–Crippen MR) is 116 cm³/mol. The fraction of sp³-hybridized carbons (Fsp3) is 0.500. The number of thiocarbonyl (C=S) groups is 1. The standard InChI is InChI=1S/C20H23F3N4O5S/c1-12(28)31-11-17(29)26-6-4-25(5-7-26)16-3-2-13(8-15(16)21)27-10-14(32-20(27)30)9-24-19(33)18(22)23/h2-3,8,14,18H,4-7,9-11H2,1H3,(H,24,33)/t14-/m0/s1. The third kappa shape index (κ3) is 6.24. The van der Waals surface area contributed by atoms with Gasteiger partial charge in [-0.1, -0.05) is 12.2 Å². The number of hydrogen-bond acceptors (Lipinski definition) is 7. The van der Waals surface area contributed by atoms with Gasteiger partial charge in [0.2, 0.25) is 0 Å². The maximum atomic E-state index is 14.8. The van der Waals surface area contributed by atoms with E-state index in [1.807, 2.05) is 0 Å². The first-order valence-electron chi connectivity index (χ1n) is 10.2. The van der Waals surface area contributed by atoms with Crippen LogP contribution in [0.5, 0.6) is 0 Å². The molecule has 13 heteroatoms. The quantitative estimate of drug-likeness (QED) is 0.457. The molecule has 0 spiro atoms. The summed E-state index contributed by atoms with van der Waals surface area (Å²) < 4.78 is 49.6. The molecule has 2 aliphatic rings. The molecule has 1 atom stereocenters. The van der Waals surface area contributed by atoms with Crippen LogP contribution in [0, 0.1) is 5.82 Å². The first kappa shape index (κ1) is 24.6. The topological polar surface area (TPSA) is 91.4 Å². The van der Waals surface area contributed by atoms with Gasteiger partial charge in [0.05, 0.1) is 24.5 Å². The molecule has 33 heavy (non-hydrogen) atoms. The minimum absolute atomic E-state index is 0.0551. The van der Waals surface area contributed by atoms with E-state index in [0.29, 0.717) is 31.9 Å². The Hall–Kier alpha value is -3.09. The van der Waals surface area contributed by atoms with Gasteiger partial charge in [-0.2, -0.15) is 0 Å². The van der Waals surface area contributed by atoms with E-state index in [1.54, 1.807) is 15.9 Å². The van der Waals surface area contributed by atoms with Crippen molar-refractivity contribution in [1.82, 2.24) is 10.2 Å². The van der Waals surface area contributed by atoms with E-state index in [2.05, 4.69) is 17.5 Å². The minimum Gasteiger partial charge on any atom is -0.456 e. The number of alkyl halides is 2. The lowest BCUT2D eigenvalue weighted by Crippen LogP contribution is -2.50. The molecular weight excluding hydrogens is 465 g/mol. The van der Waals surface area contributed by atoms with Gasteiger partial charge < -0.3 is 24.6 Å². The molecule has 2 saturated heterocycles. The van der Waals surface area contributed by atoms with Crippen molar-refractivity contribution >= 4 is 46.6 Å². The van der Waals surface area contributed by atoms with Gasteiger partial charge in [-0.25, -0.2) is 18.0 Å². The second-order valence-electron chi connectivity index (χ2n) is 7.45. The number of rotatable bonds is 7. The zero-order chi connectivity index (χ0) is 24.1. The first-order chi connectivity index (χ1) is 15.7. The summed E-state index contributed by atoms with van der Waals surface area (Å²) >= 11 is 4.49. The molecule has 9 nitrogen and oxygen atoms in total. The molecule has 2 amide bonds. The summed E-state index contributed by atoms with van der Waals surface area (Å²) in [5, 5.41) is 2.35. The van der Waals surface area contributed by atoms with Crippen LogP contribution >= 0.6 is 12.2 Å². The van der Waals surface area contributed by atoms with Crippen LogP contribution in [0.4, 0.5) is 29.3 Å².